The van der Waals surface area contributed by atoms with Crippen LogP contribution < -0.4 is 16.1 Å². The molecule has 1 aliphatic heterocycles. The number of rotatable bonds is 6. The highest BCUT2D eigenvalue weighted by Crippen LogP contribution is 2.25. The van der Waals surface area contributed by atoms with Crippen molar-refractivity contribution < 1.29 is 9.59 Å². The molecule has 0 saturated carbocycles. The molecule has 1 aliphatic rings. The second kappa shape index (κ2) is 7.38. The topological polar surface area (TPSA) is 106 Å². The molecule has 0 radical (unpaired) electrons. The van der Waals surface area contributed by atoms with Gasteiger partial charge in [-0.15, -0.1) is 0 Å². The van der Waals surface area contributed by atoms with Crippen molar-refractivity contribution in [2.75, 3.05) is 10.3 Å². The van der Waals surface area contributed by atoms with Crippen LogP contribution in [0.2, 0.25) is 0 Å². The number of aromatic nitrogens is 2. The molecule has 8 heteroatoms. The summed E-state index contributed by atoms with van der Waals surface area (Å²) < 4.78 is 1.76. The molecule has 3 N–H and O–H groups in total. The van der Waals surface area contributed by atoms with Crippen LogP contribution in [0.3, 0.4) is 0 Å². The molecular formula is C18H22N6O2. The van der Waals surface area contributed by atoms with E-state index in [1.165, 1.54) is 5.01 Å². The first-order valence-corrected chi connectivity index (χ1v) is 8.57. The summed E-state index contributed by atoms with van der Waals surface area (Å²) in [5.41, 5.74) is 6.48. The third-order valence-corrected chi connectivity index (χ3v) is 4.44. The van der Waals surface area contributed by atoms with Gasteiger partial charge in [0.2, 0.25) is 5.91 Å². The van der Waals surface area contributed by atoms with Crippen molar-refractivity contribution in [3.8, 4) is 0 Å². The van der Waals surface area contributed by atoms with Crippen LogP contribution in [0, 0.1) is 0 Å². The summed E-state index contributed by atoms with van der Waals surface area (Å²) in [5.74, 6) is -0.286. The van der Waals surface area contributed by atoms with Crippen LogP contribution in [0.1, 0.15) is 32.7 Å². The Morgan fingerprint density at radius 1 is 1.31 bits per heavy atom. The van der Waals surface area contributed by atoms with Gasteiger partial charge in [0.05, 0.1) is 17.9 Å². The van der Waals surface area contributed by atoms with Crippen LogP contribution in [0.15, 0.2) is 47.7 Å². The second-order valence-corrected chi connectivity index (χ2v) is 6.22. The molecule has 2 atom stereocenters. The third kappa shape index (κ3) is 3.44. The fraction of sp³-hybridized carbons (Fsp3) is 0.333. The first-order chi connectivity index (χ1) is 12.5. The van der Waals surface area contributed by atoms with E-state index in [4.69, 9.17) is 5.73 Å². The molecule has 1 aromatic heterocycles. The Balaban J connectivity index is 1.82. The highest BCUT2D eigenvalue weighted by molar-refractivity contribution is 6.44. The van der Waals surface area contributed by atoms with Gasteiger partial charge in [-0.25, -0.2) is 4.68 Å². The van der Waals surface area contributed by atoms with Gasteiger partial charge in [-0.1, -0.05) is 25.1 Å². The average Bonchev–Trinajstić information content (AvgIpc) is 3.29. The van der Waals surface area contributed by atoms with Crippen molar-refractivity contribution in [3.05, 3.63) is 42.6 Å². The zero-order valence-corrected chi connectivity index (χ0v) is 14.8. The van der Waals surface area contributed by atoms with E-state index in [0.717, 1.165) is 6.42 Å². The van der Waals surface area contributed by atoms with Gasteiger partial charge in [0.1, 0.15) is 17.6 Å². The molecule has 1 aromatic carbocycles. The van der Waals surface area contributed by atoms with E-state index in [-0.39, 0.29) is 24.1 Å². The Hall–Kier alpha value is -3.16. The van der Waals surface area contributed by atoms with E-state index < -0.39 is 11.9 Å². The zero-order chi connectivity index (χ0) is 18.7. The summed E-state index contributed by atoms with van der Waals surface area (Å²) in [6.45, 7) is 4.07. The summed E-state index contributed by atoms with van der Waals surface area (Å²) >= 11 is 0. The molecule has 2 aromatic rings. The van der Waals surface area contributed by atoms with Crippen LogP contribution in [-0.4, -0.2) is 33.3 Å². The molecule has 0 aliphatic carbocycles. The molecule has 0 saturated heterocycles. The molecule has 3 rings (SSSR count). The monoisotopic (exact) mass is 354 g/mol. The fourth-order valence-electron chi connectivity index (χ4n) is 2.81. The summed E-state index contributed by atoms with van der Waals surface area (Å²) in [5, 5.41) is 12.9. The van der Waals surface area contributed by atoms with Gasteiger partial charge in [0.25, 0.3) is 5.91 Å². The Morgan fingerprint density at radius 3 is 2.69 bits per heavy atom. The van der Waals surface area contributed by atoms with Crippen molar-refractivity contribution >= 4 is 29.0 Å². The third-order valence-electron chi connectivity index (χ3n) is 4.44. The second-order valence-electron chi connectivity index (χ2n) is 6.22. The van der Waals surface area contributed by atoms with Gasteiger partial charge in [0.15, 0.2) is 0 Å². The summed E-state index contributed by atoms with van der Waals surface area (Å²) in [7, 11) is 0. The number of anilines is 2. The minimum Gasteiger partial charge on any atom is -0.368 e. The van der Waals surface area contributed by atoms with E-state index in [9.17, 15) is 9.59 Å². The lowest BCUT2D eigenvalue weighted by Crippen LogP contribution is -2.39. The molecule has 0 fully saturated rings. The first-order valence-electron chi connectivity index (χ1n) is 8.57. The van der Waals surface area contributed by atoms with E-state index in [1.54, 1.807) is 16.9 Å². The zero-order valence-electron chi connectivity index (χ0n) is 14.8. The van der Waals surface area contributed by atoms with E-state index in [2.05, 4.69) is 15.5 Å². The summed E-state index contributed by atoms with van der Waals surface area (Å²) in [6.07, 6.45) is 2.69. The lowest BCUT2D eigenvalue weighted by Gasteiger charge is -2.20. The van der Waals surface area contributed by atoms with Crippen molar-refractivity contribution in [2.24, 2.45) is 10.8 Å². The van der Waals surface area contributed by atoms with E-state index in [0.29, 0.717) is 11.5 Å². The SMILES string of the molecule is CCC(C)n1nccc1NC(=O)C1=NN(c2ccccc2)C(C(N)=O)C1. The van der Waals surface area contributed by atoms with E-state index >= 15 is 0 Å². The smallest absolute Gasteiger partial charge is 0.273 e. The normalized spacial score (nSPS) is 17.7. The molecule has 2 amide bonds. The lowest BCUT2D eigenvalue weighted by atomic mass is 10.1. The van der Waals surface area contributed by atoms with Gasteiger partial charge < -0.3 is 11.1 Å². The number of nitrogens with one attached hydrogen (secondary N) is 1. The van der Waals surface area contributed by atoms with Crippen LogP contribution in [0.4, 0.5) is 11.5 Å². The molecule has 0 bridgehead atoms. The number of nitrogens with two attached hydrogens (primary N) is 1. The number of hydrazone groups is 1. The van der Waals surface area contributed by atoms with Gasteiger partial charge in [0, 0.05) is 12.5 Å². The minimum absolute atomic E-state index is 0.157. The average molecular weight is 354 g/mol. The number of carbonyl (C=O) groups excluding carboxylic acids is 2. The maximum atomic E-state index is 12.7. The number of benzene rings is 1. The molecule has 26 heavy (non-hydrogen) atoms. The number of carbonyl (C=O) groups is 2. The number of amides is 2. The molecule has 0 spiro atoms. The van der Waals surface area contributed by atoms with Crippen LogP contribution in [0.25, 0.3) is 0 Å². The van der Waals surface area contributed by atoms with Gasteiger partial charge in [-0.3, -0.25) is 14.6 Å². The van der Waals surface area contributed by atoms with Crippen molar-refractivity contribution in [1.82, 2.24) is 9.78 Å². The van der Waals surface area contributed by atoms with Crippen LogP contribution in [0.5, 0.6) is 0 Å². The van der Waals surface area contributed by atoms with Crippen LogP contribution in [-0.2, 0) is 9.59 Å². The molecule has 2 heterocycles. The minimum atomic E-state index is -0.683. The maximum Gasteiger partial charge on any atom is 0.273 e. The fourth-order valence-corrected chi connectivity index (χ4v) is 2.81. The van der Waals surface area contributed by atoms with Crippen LogP contribution >= 0.6 is 0 Å². The Kier molecular flexibility index (Phi) is 5.01. The van der Waals surface area contributed by atoms with Gasteiger partial charge >= 0.3 is 0 Å². The Labute approximate surface area is 151 Å². The summed E-state index contributed by atoms with van der Waals surface area (Å²) in [6, 6.07) is 10.4. The number of nitrogens with zero attached hydrogens (tertiary/aromatic N) is 4. The Morgan fingerprint density at radius 2 is 2.04 bits per heavy atom. The lowest BCUT2D eigenvalue weighted by molar-refractivity contribution is -0.119. The number of hydrogen-bond acceptors (Lipinski definition) is 5. The number of primary amides is 1. The number of hydrogen-bond donors (Lipinski definition) is 2. The molecule has 136 valence electrons. The predicted molar refractivity (Wildman–Crippen MR) is 99.8 cm³/mol. The highest BCUT2D eigenvalue weighted by atomic mass is 16.2. The van der Waals surface area contributed by atoms with Crippen molar-refractivity contribution in [3.63, 3.8) is 0 Å². The molecule has 2 unspecified atom stereocenters. The van der Waals surface area contributed by atoms with Gasteiger partial charge in [-0.05, 0) is 25.5 Å². The highest BCUT2D eigenvalue weighted by Gasteiger charge is 2.35. The standard InChI is InChI=1S/C18H22N6O2/c1-3-12(2)23-16(9-10-20-23)21-18(26)14-11-15(17(19)25)24(22-14)13-7-5-4-6-8-13/h4-10,12,15H,3,11H2,1-2H3,(H2,19,25)(H,21,26). The van der Waals surface area contributed by atoms with E-state index in [1.807, 2.05) is 44.2 Å². The largest absolute Gasteiger partial charge is 0.368 e. The van der Waals surface area contributed by atoms with Crippen molar-refractivity contribution in [1.29, 1.82) is 0 Å². The van der Waals surface area contributed by atoms with Crippen molar-refractivity contribution in [2.45, 2.75) is 38.8 Å². The molecular weight excluding hydrogens is 332 g/mol. The first kappa shape index (κ1) is 17.7. The summed E-state index contributed by atoms with van der Waals surface area (Å²) in [4.78, 5) is 24.5. The maximum absolute atomic E-state index is 12.7. The quantitative estimate of drug-likeness (QED) is 0.826. The predicted octanol–water partition coefficient (Wildman–Crippen LogP) is 1.91. The number of para-hydroxylation sites is 1. The molecule has 8 nitrogen and oxygen atoms in total. The van der Waals surface area contributed by atoms with Gasteiger partial charge in [-0.2, -0.15) is 10.2 Å². The Bertz CT molecular complexity index is 829.